The van der Waals surface area contributed by atoms with Crippen molar-refractivity contribution in [3.8, 4) is 0 Å². The van der Waals surface area contributed by atoms with E-state index in [9.17, 15) is 9.59 Å². The van der Waals surface area contributed by atoms with Gasteiger partial charge in [-0.25, -0.2) is 0 Å². The molecule has 0 saturated heterocycles. The Kier molecular flexibility index (Phi) is 3.74. The first kappa shape index (κ1) is 13.8. The van der Waals surface area contributed by atoms with Crippen molar-refractivity contribution in [1.29, 1.82) is 0 Å². The van der Waals surface area contributed by atoms with E-state index in [2.05, 4.69) is 19.2 Å². The minimum absolute atomic E-state index is 0.0263. The van der Waals surface area contributed by atoms with Crippen molar-refractivity contribution >= 4 is 17.4 Å². The summed E-state index contributed by atoms with van der Waals surface area (Å²) in [6, 6.07) is 7.18. The molecule has 1 aliphatic carbocycles. The van der Waals surface area contributed by atoms with Crippen LogP contribution in [-0.2, 0) is 4.79 Å². The highest BCUT2D eigenvalue weighted by Gasteiger charge is 2.39. The Hall–Kier alpha value is -1.64. The number of amides is 1. The number of benzene rings is 1. The summed E-state index contributed by atoms with van der Waals surface area (Å²) in [6.07, 6.45) is 3.11. The lowest BCUT2D eigenvalue weighted by molar-refractivity contribution is -0.122. The standard InChI is InChI=1S/C16H21NO2/c1-11(18)12-7-4-5-9-14(12)17-15(19)13-8-6-10-16(13,2)3/h4-5,7,9,13H,6,8,10H2,1-3H3,(H,17,19). The van der Waals surface area contributed by atoms with Crippen molar-refractivity contribution in [3.05, 3.63) is 29.8 Å². The normalized spacial score (nSPS) is 21.1. The van der Waals surface area contributed by atoms with Crippen molar-refractivity contribution in [3.63, 3.8) is 0 Å². The first-order valence-corrected chi connectivity index (χ1v) is 6.82. The molecule has 1 amide bonds. The number of Topliss-reactive ketones (excluding diaryl/α,β-unsaturated/α-hetero) is 1. The molecule has 1 aliphatic rings. The molecular weight excluding hydrogens is 238 g/mol. The van der Waals surface area contributed by atoms with Crippen LogP contribution in [-0.4, -0.2) is 11.7 Å². The fourth-order valence-corrected chi connectivity index (χ4v) is 2.93. The molecule has 1 aromatic rings. The summed E-state index contributed by atoms with van der Waals surface area (Å²) in [5.74, 6) is 0.0466. The quantitative estimate of drug-likeness (QED) is 0.842. The zero-order chi connectivity index (χ0) is 14.0. The van der Waals surface area contributed by atoms with Crippen LogP contribution in [0.15, 0.2) is 24.3 Å². The zero-order valence-electron chi connectivity index (χ0n) is 11.8. The largest absolute Gasteiger partial charge is 0.325 e. The SMILES string of the molecule is CC(=O)c1ccccc1NC(=O)C1CCCC1(C)C. The number of carbonyl (C=O) groups is 2. The summed E-state index contributed by atoms with van der Waals surface area (Å²) in [5.41, 5.74) is 1.25. The zero-order valence-corrected chi connectivity index (χ0v) is 11.8. The highest BCUT2D eigenvalue weighted by Crippen LogP contribution is 2.43. The van der Waals surface area contributed by atoms with E-state index in [1.165, 1.54) is 6.92 Å². The third-order valence-corrected chi connectivity index (χ3v) is 4.14. The number of anilines is 1. The molecule has 0 heterocycles. The minimum Gasteiger partial charge on any atom is -0.325 e. The molecule has 102 valence electrons. The average Bonchev–Trinajstić information content (AvgIpc) is 2.69. The van der Waals surface area contributed by atoms with Gasteiger partial charge in [0.15, 0.2) is 5.78 Å². The molecule has 0 aliphatic heterocycles. The van der Waals surface area contributed by atoms with Crippen molar-refractivity contribution in [1.82, 2.24) is 0 Å². The molecular formula is C16H21NO2. The van der Waals surface area contributed by atoms with E-state index in [-0.39, 0.29) is 23.0 Å². The lowest BCUT2D eigenvalue weighted by Gasteiger charge is -2.26. The summed E-state index contributed by atoms with van der Waals surface area (Å²) in [4.78, 5) is 23.9. The van der Waals surface area contributed by atoms with Crippen molar-refractivity contribution in [2.24, 2.45) is 11.3 Å². The first-order chi connectivity index (χ1) is 8.92. The third-order valence-electron chi connectivity index (χ3n) is 4.14. The Morgan fingerprint density at radius 3 is 2.53 bits per heavy atom. The van der Waals surface area contributed by atoms with Crippen LogP contribution in [0.3, 0.4) is 0 Å². The van der Waals surface area contributed by atoms with E-state index in [1.807, 2.05) is 12.1 Å². The number of hydrogen-bond acceptors (Lipinski definition) is 2. The summed E-state index contributed by atoms with van der Waals surface area (Å²) in [7, 11) is 0. The van der Waals surface area contributed by atoms with E-state index in [1.54, 1.807) is 12.1 Å². The van der Waals surface area contributed by atoms with Crippen LogP contribution in [0.4, 0.5) is 5.69 Å². The van der Waals surface area contributed by atoms with Crippen LogP contribution < -0.4 is 5.32 Å². The molecule has 3 heteroatoms. The summed E-state index contributed by atoms with van der Waals surface area (Å²) < 4.78 is 0. The average molecular weight is 259 g/mol. The molecule has 1 atom stereocenters. The van der Waals surface area contributed by atoms with Gasteiger partial charge in [0.05, 0.1) is 5.69 Å². The molecule has 3 nitrogen and oxygen atoms in total. The van der Waals surface area contributed by atoms with Crippen LogP contribution in [0.1, 0.15) is 50.4 Å². The van der Waals surface area contributed by atoms with Crippen LogP contribution in [0, 0.1) is 11.3 Å². The smallest absolute Gasteiger partial charge is 0.228 e. The molecule has 0 radical (unpaired) electrons. The van der Waals surface area contributed by atoms with Gasteiger partial charge in [-0.05, 0) is 37.3 Å². The van der Waals surface area contributed by atoms with Crippen LogP contribution in [0.2, 0.25) is 0 Å². The second kappa shape index (κ2) is 5.16. The van der Waals surface area contributed by atoms with E-state index < -0.39 is 0 Å². The van der Waals surface area contributed by atoms with Crippen LogP contribution in [0.25, 0.3) is 0 Å². The second-order valence-electron chi connectivity index (χ2n) is 6.02. The first-order valence-electron chi connectivity index (χ1n) is 6.82. The molecule has 19 heavy (non-hydrogen) atoms. The van der Waals surface area contributed by atoms with Gasteiger partial charge in [0.1, 0.15) is 0 Å². The maximum Gasteiger partial charge on any atom is 0.228 e. The van der Waals surface area contributed by atoms with Gasteiger partial charge < -0.3 is 5.32 Å². The van der Waals surface area contributed by atoms with Gasteiger partial charge in [-0.2, -0.15) is 0 Å². The number of nitrogens with one attached hydrogen (secondary N) is 1. The number of para-hydroxylation sites is 1. The molecule has 2 rings (SSSR count). The molecule has 0 aromatic heterocycles. The van der Waals surface area contributed by atoms with Crippen molar-refractivity contribution in [2.75, 3.05) is 5.32 Å². The topological polar surface area (TPSA) is 46.2 Å². The van der Waals surface area contributed by atoms with Crippen molar-refractivity contribution in [2.45, 2.75) is 40.0 Å². The van der Waals surface area contributed by atoms with E-state index in [0.29, 0.717) is 11.3 Å². The highest BCUT2D eigenvalue weighted by atomic mass is 16.2. The summed E-state index contributed by atoms with van der Waals surface area (Å²) in [6.45, 7) is 5.80. The Morgan fingerprint density at radius 2 is 1.95 bits per heavy atom. The molecule has 1 unspecified atom stereocenters. The van der Waals surface area contributed by atoms with E-state index in [0.717, 1.165) is 19.3 Å². The highest BCUT2D eigenvalue weighted by molar-refractivity contribution is 6.04. The van der Waals surface area contributed by atoms with Gasteiger partial charge in [-0.15, -0.1) is 0 Å². The fourth-order valence-electron chi connectivity index (χ4n) is 2.93. The molecule has 1 aromatic carbocycles. The summed E-state index contributed by atoms with van der Waals surface area (Å²) >= 11 is 0. The van der Waals surface area contributed by atoms with E-state index >= 15 is 0 Å². The third kappa shape index (κ3) is 2.86. The number of hydrogen-bond donors (Lipinski definition) is 1. The number of carbonyl (C=O) groups excluding carboxylic acids is 2. The number of ketones is 1. The van der Waals surface area contributed by atoms with Gasteiger partial charge in [0.25, 0.3) is 0 Å². The Bertz CT molecular complexity index is 505. The van der Waals surface area contributed by atoms with Crippen LogP contribution in [0.5, 0.6) is 0 Å². The predicted molar refractivity (Wildman–Crippen MR) is 76.2 cm³/mol. The van der Waals surface area contributed by atoms with Gasteiger partial charge in [0, 0.05) is 11.5 Å². The maximum atomic E-state index is 12.4. The second-order valence-corrected chi connectivity index (χ2v) is 6.02. The Morgan fingerprint density at radius 1 is 1.26 bits per heavy atom. The molecule has 1 saturated carbocycles. The Labute approximate surface area is 114 Å². The fraction of sp³-hybridized carbons (Fsp3) is 0.500. The van der Waals surface area contributed by atoms with Gasteiger partial charge in [0.2, 0.25) is 5.91 Å². The monoisotopic (exact) mass is 259 g/mol. The molecule has 0 spiro atoms. The molecule has 0 bridgehead atoms. The molecule has 1 N–H and O–H groups in total. The maximum absolute atomic E-state index is 12.4. The van der Waals surface area contributed by atoms with Gasteiger partial charge in [-0.3, -0.25) is 9.59 Å². The lowest BCUT2D eigenvalue weighted by Crippen LogP contribution is -2.31. The Balaban J connectivity index is 2.18. The lowest BCUT2D eigenvalue weighted by atomic mass is 9.81. The summed E-state index contributed by atoms with van der Waals surface area (Å²) in [5, 5.41) is 2.93. The molecule has 1 fully saturated rings. The van der Waals surface area contributed by atoms with Crippen LogP contribution >= 0.6 is 0 Å². The van der Waals surface area contributed by atoms with Gasteiger partial charge in [-0.1, -0.05) is 32.4 Å². The number of rotatable bonds is 3. The minimum atomic E-state index is -0.0263. The van der Waals surface area contributed by atoms with Crippen molar-refractivity contribution < 1.29 is 9.59 Å². The van der Waals surface area contributed by atoms with E-state index in [4.69, 9.17) is 0 Å². The van der Waals surface area contributed by atoms with Gasteiger partial charge >= 0.3 is 0 Å². The predicted octanol–water partition coefficient (Wildman–Crippen LogP) is 3.65.